The van der Waals surface area contributed by atoms with E-state index in [0.717, 1.165) is 0 Å². The van der Waals surface area contributed by atoms with Crippen molar-refractivity contribution in [1.29, 1.82) is 0 Å². The Balaban J connectivity index is 1.33. The van der Waals surface area contributed by atoms with Crippen molar-refractivity contribution in [3.63, 3.8) is 0 Å². The molecule has 0 saturated heterocycles. The lowest BCUT2D eigenvalue weighted by Crippen LogP contribution is -2.33. The second kappa shape index (κ2) is 10.3. The summed E-state index contributed by atoms with van der Waals surface area (Å²) in [5, 5.41) is 10.9. The first-order valence-corrected chi connectivity index (χ1v) is 19.1. The van der Waals surface area contributed by atoms with E-state index in [9.17, 15) is 0 Å². The summed E-state index contributed by atoms with van der Waals surface area (Å²) in [6, 6.07) is 66.5. The molecule has 2 aliphatic rings. The van der Waals surface area contributed by atoms with Crippen molar-refractivity contribution in [1.82, 2.24) is 0 Å². The highest BCUT2D eigenvalue weighted by molar-refractivity contribution is 7.80. The van der Waals surface area contributed by atoms with Crippen molar-refractivity contribution >= 4 is 66.8 Å². The average Bonchev–Trinajstić information content (AvgIpc) is 3.79. The van der Waals surface area contributed by atoms with Crippen LogP contribution in [-0.4, -0.2) is 0 Å². The van der Waals surface area contributed by atoms with Gasteiger partial charge in [0.2, 0.25) is 0 Å². The van der Waals surface area contributed by atoms with Crippen LogP contribution in [0.5, 0.6) is 0 Å². The molecule has 0 nitrogen and oxygen atoms in total. The van der Waals surface area contributed by atoms with Gasteiger partial charge in [0.05, 0.1) is 5.41 Å². The molecule has 0 saturated carbocycles. The molecular formula is C47H29PS. The molecule has 2 aliphatic carbocycles. The van der Waals surface area contributed by atoms with Gasteiger partial charge in [0.15, 0.2) is 0 Å². The van der Waals surface area contributed by atoms with Crippen LogP contribution in [-0.2, 0) is 5.41 Å². The zero-order valence-corrected chi connectivity index (χ0v) is 28.3. The lowest BCUT2D eigenvalue weighted by molar-refractivity contribution is 0.817. The minimum absolute atomic E-state index is 0.409. The maximum absolute atomic E-state index is 2.47. The molecule has 0 fully saturated rings. The molecule has 1 atom stereocenters. The fourth-order valence-electron chi connectivity index (χ4n) is 8.96. The smallest absolute Gasteiger partial charge is 0.0825 e. The van der Waals surface area contributed by atoms with Crippen LogP contribution >= 0.6 is 19.3 Å². The van der Waals surface area contributed by atoms with Crippen molar-refractivity contribution in [2.45, 2.75) is 5.41 Å². The van der Waals surface area contributed by atoms with E-state index in [-0.39, 0.29) is 0 Å². The Morgan fingerprint density at radius 2 is 0.878 bits per heavy atom. The fraction of sp³-hybridized carbons (Fsp3) is 0.0213. The van der Waals surface area contributed by atoms with Crippen molar-refractivity contribution in [3.8, 4) is 22.3 Å². The third-order valence-electron chi connectivity index (χ3n) is 10.8. The molecule has 228 valence electrons. The molecule has 1 aromatic heterocycles. The lowest BCUT2D eigenvalue weighted by atomic mass is 9.74. The molecule has 2 heteroatoms. The molecule has 8 aromatic carbocycles. The van der Waals surface area contributed by atoms with E-state index in [4.69, 9.17) is 0 Å². The summed E-state index contributed by atoms with van der Waals surface area (Å²) >= 11 is 1.99. The Hall–Kier alpha value is -5.33. The van der Waals surface area contributed by atoms with E-state index in [1.807, 2.05) is 11.3 Å². The molecule has 0 amide bonds. The van der Waals surface area contributed by atoms with Gasteiger partial charge in [-0.05, 0) is 84.8 Å². The summed E-state index contributed by atoms with van der Waals surface area (Å²) in [5.41, 5.74) is 9.36. The van der Waals surface area contributed by atoms with E-state index >= 15 is 0 Å². The van der Waals surface area contributed by atoms with Crippen LogP contribution in [0.3, 0.4) is 0 Å². The van der Waals surface area contributed by atoms with Crippen LogP contribution in [0.15, 0.2) is 176 Å². The minimum atomic E-state index is -0.991. The molecule has 0 bridgehead atoms. The molecule has 0 N–H and O–H groups in total. The summed E-state index contributed by atoms with van der Waals surface area (Å²) in [6.45, 7) is 0. The van der Waals surface area contributed by atoms with Gasteiger partial charge in [0.25, 0.3) is 0 Å². The number of thiophene rings is 1. The van der Waals surface area contributed by atoms with Gasteiger partial charge in [-0.25, -0.2) is 0 Å². The van der Waals surface area contributed by atoms with E-state index in [1.165, 1.54) is 91.4 Å². The van der Waals surface area contributed by atoms with Crippen LogP contribution in [0.1, 0.15) is 21.6 Å². The quantitative estimate of drug-likeness (QED) is 0.166. The van der Waals surface area contributed by atoms with Crippen LogP contribution < -0.4 is 15.9 Å². The summed E-state index contributed by atoms with van der Waals surface area (Å²) in [7, 11) is -0.991. The first kappa shape index (κ1) is 27.6. The summed E-state index contributed by atoms with van der Waals surface area (Å²) in [4.78, 5) is 1.46. The van der Waals surface area contributed by atoms with E-state index < -0.39 is 13.3 Å². The van der Waals surface area contributed by atoms with Crippen molar-refractivity contribution in [3.05, 3.63) is 197 Å². The summed E-state index contributed by atoms with van der Waals surface area (Å²) in [6.07, 6.45) is 0. The molecule has 49 heavy (non-hydrogen) atoms. The molecular weight excluding hydrogens is 628 g/mol. The van der Waals surface area contributed by atoms with Gasteiger partial charge in [-0.15, -0.1) is 11.3 Å². The van der Waals surface area contributed by atoms with E-state index in [0.29, 0.717) is 0 Å². The first-order chi connectivity index (χ1) is 24.3. The van der Waals surface area contributed by atoms with Gasteiger partial charge in [-0.1, -0.05) is 170 Å². The third-order valence-corrected chi connectivity index (χ3v) is 14.7. The van der Waals surface area contributed by atoms with Crippen LogP contribution in [0.4, 0.5) is 0 Å². The molecule has 0 aliphatic heterocycles. The molecule has 1 heterocycles. The topological polar surface area (TPSA) is 0 Å². The number of hydrogen-bond acceptors (Lipinski definition) is 1. The SMILES string of the molecule is c1ccc2c(c1)-c1cccc(P(c3cccc4ccccc34)c3cccc4ccccc34)c1C21c2ccccc2-c2c1sc1ccccc21. The van der Waals surface area contributed by atoms with Crippen molar-refractivity contribution in [2.75, 3.05) is 0 Å². The highest BCUT2D eigenvalue weighted by Crippen LogP contribution is 2.66. The second-order valence-electron chi connectivity index (χ2n) is 13.2. The Kier molecular flexibility index (Phi) is 5.82. The molecule has 0 radical (unpaired) electrons. The average molecular weight is 657 g/mol. The van der Waals surface area contributed by atoms with Gasteiger partial charge < -0.3 is 0 Å². The van der Waals surface area contributed by atoms with Gasteiger partial charge in [0.1, 0.15) is 0 Å². The molecule has 11 rings (SSSR count). The van der Waals surface area contributed by atoms with Gasteiger partial charge in [0, 0.05) is 20.5 Å². The number of benzene rings is 8. The summed E-state index contributed by atoms with van der Waals surface area (Å²) < 4.78 is 1.36. The maximum atomic E-state index is 2.47. The third kappa shape index (κ3) is 3.62. The van der Waals surface area contributed by atoms with E-state index in [2.05, 4.69) is 176 Å². The molecule has 1 spiro atoms. The highest BCUT2D eigenvalue weighted by atomic mass is 32.1. The first-order valence-electron chi connectivity index (χ1n) is 16.9. The van der Waals surface area contributed by atoms with Gasteiger partial charge >= 0.3 is 0 Å². The Bertz CT molecular complexity index is 2720. The molecule has 9 aromatic rings. The second-order valence-corrected chi connectivity index (χ2v) is 16.3. The number of fused-ring (bicyclic) bond motifs is 14. The van der Waals surface area contributed by atoms with Crippen LogP contribution in [0, 0.1) is 0 Å². The predicted molar refractivity (Wildman–Crippen MR) is 212 cm³/mol. The van der Waals surface area contributed by atoms with Crippen LogP contribution in [0.25, 0.3) is 53.9 Å². The van der Waals surface area contributed by atoms with Crippen molar-refractivity contribution in [2.24, 2.45) is 0 Å². The van der Waals surface area contributed by atoms with Crippen molar-refractivity contribution < 1.29 is 0 Å². The number of rotatable bonds is 3. The zero-order valence-electron chi connectivity index (χ0n) is 26.6. The largest absolute Gasteiger partial charge is 0.138 e. The maximum Gasteiger partial charge on any atom is 0.0825 e. The Labute approximate surface area is 290 Å². The van der Waals surface area contributed by atoms with Gasteiger partial charge in [-0.3, -0.25) is 0 Å². The number of hydrogen-bond donors (Lipinski definition) is 0. The lowest BCUT2D eigenvalue weighted by Gasteiger charge is -2.34. The molecule has 1 unspecified atom stereocenters. The predicted octanol–water partition coefficient (Wildman–Crippen LogP) is 11.3. The monoisotopic (exact) mass is 656 g/mol. The normalized spacial score (nSPS) is 15.6. The fourth-order valence-corrected chi connectivity index (χ4v) is 13.3. The summed E-state index contributed by atoms with van der Waals surface area (Å²) in [5.74, 6) is 0. The minimum Gasteiger partial charge on any atom is -0.138 e. The highest BCUT2D eigenvalue weighted by Gasteiger charge is 2.55. The zero-order chi connectivity index (χ0) is 32.1. The van der Waals surface area contributed by atoms with E-state index in [1.54, 1.807) is 0 Å². The Morgan fingerprint density at radius 3 is 1.59 bits per heavy atom. The van der Waals surface area contributed by atoms with Gasteiger partial charge in [-0.2, -0.15) is 0 Å². The standard InChI is InChI=1S/C47H29PS/c1-3-18-32-30(14-1)16-11-26-40(32)48(41-27-12-17-31-15-2-4-19-33(31)41)42-28-13-23-35-34-20-5-8-24-38(34)47(45(35)42)39-25-9-6-21-36(39)44-37-22-7-10-29-43(37)49-46(44)47/h1-29H. The Morgan fingerprint density at radius 1 is 0.388 bits per heavy atom. The van der Waals surface area contributed by atoms with Crippen LogP contribution in [0.2, 0.25) is 0 Å².